The third kappa shape index (κ3) is 3.36. The van der Waals surface area contributed by atoms with Gasteiger partial charge in [-0.3, -0.25) is 4.21 Å². The standard InChI is InChI=1S/C17H19N2O3S3/c1-25(21,22)15-6-4-13(5-7-15)16-9-18-10-17(19(16)12-18)24(20)11-14-3-2-8-23-14/h2-8,10,16-17H,9,11-12H2,1H3/q+1. The average Bonchev–Trinajstić information content (AvgIpc) is 3.30. The molecular weight excluding hydrogens is 376 g/mol. The summed E-state index contributed by atoms with van der Waals surface area (Å²) < 4.78 is 38.3. The van der Waals surface area contributed by atoms with Gasteiger partial charge in [0.2, 0.25) is 6.67 Å². The highest BCUT2D eigenvalue weighted by atomic mass is 32.2. The van der Waals surface area contributed by atoms with Gasteiger partial charge in [0.05, 0.1) is 21.4 Å². The predicted molar refractivity (Wildman–Crippen MR) is 100 cm³/mol. The molecule has 132 valence electrons. The van der Waals surface area contributed by atoms with Crippen molar-refractivity contribution in [1.29, 1.82) is 0 Å². The lowest BCUT2D eigenvalue weighted by molar-refractivity contribution is -0.503. The quantitative estimate of drug-likeness (QED) is 0.725. The van der Waals surface area contributed by atoms with Crippen LogP contribution in [0, 0.1) is 0 Å². The zero-order valence-corrected chi connectivity index (χ0v) is 16.2. The molecule has 8 heteroatoms. The van der Waals surface area contributed by atoms with Crippen molar-refractivity contribution in [3.05, 3.63) is 52.2 Å². The summed E-state index contributed by atoms with van der Waals surface area (Å²) in [5.41, 5.74) is 1.07. The smallest absolute Gasteiger partial charge is 0.201 e. The summed E-state index contributed by atoms with van der Waals surface area (Å²) in [5, 5.41) is 1.92. The maximum Gasteiger partial charge on any atom is 0.201 e. The topological polar surface area (TPSA) is 57.5 Å². The molecule has 2 aromatic rings. The summed E-state index contributed by atoms with van der Waals surface area (Å²) in [5.74, 6) is 0.572. The van der Waals surface area contributed by atoms with E-state index in [2.05, 4.69) is 15.7 Å². The third-order valence-corrected chi connectivity index (χ3v) is 8.36. The summed E-state index contributed by atoms with van der Waals surface area (Å²) in [6.45, 7) is 1.63. The van der Waals surface area contributed by atoms with Crippen LogP contribution >= 0.6 is 11.3 Å². The van der Waals surface area contributed by atoms with Gasteiger partial charge in [0.15, 0.2) is 28.0 Å². The molecule has 4 rings (SSSR count). The molecule has 1 saturated heterocycles. The van der Waals surface area contributed by atoms with Crippen LogP contribution < -0.4 is 0 Å². The Kier molecular flexibility index (Phi) is 4.39. The normalized spacial score (nSPS) is 26.6. The van der Waals surface area contributed by atoms with Gasteiger partial charge in [0.25, 0.3) is 0 Å². The molecule has 2 bridgehead atoms. The molecule has 0 amide bonds. The van der Waals surface area contributed by atoms with E-state index in [0.29, 0.717) is 10.6 Å². The fourth-order valence-electron chi connectivity index (χ4n) is 3.40. The van der Waals surface area contributed by atoms with Gasteiger partial charge >= 0.3 is 0 Å². The van der Waals surface area contributed by atoms with Gasteiger partial charge in [0, 0.05) is 11.1 Å². The second-order valence-electron chi connectivity index (χ2n) is 6.43. The van der Waals surface area contributed by atoms with Crippen LogP contribution in [-0.2, 0) is 26.4 Å². The van der Waals surface area contributed by atoms with Crippen molar-refractivity contribution in [2.45, 2.75) is 22.1 Å². The van der Waals surface area contributed by atoms with Crippen LogP contribution in [0.5, 0.6) is 0 Å². The molecule has 2 aliphatic rings. The van der Waals surface area contributed by atoms with Crippen LogP contribution in [-0.4, -0.2) is 53.2 Å². The number of sulfone groups is 1. The number of rotatable bonds is 5. The van der Waals surface area contributed by atoms with E-state index in [1.165, 1.54) is 6.26 Å². The number of hydrogen-bond donors (Lipinski definition) is 0. The number of thiophene rings is 1. The summed E-state index contributed by atoms with van der Waals surface area (Å²) in [6, 6.07) is 11.2. The highest BCUT2D eigenvalue weighted by Gasteiger charge is 2.47. The number of nitrogens with zero attached hydrogens (tertiary/aromatic N) is 2. The highest BCUT2D eigenvalue weighted by Crippen LogP contribution is 2.33. The van der Waals surface area contributed by atoms with E-state index >= 15 is 0 Å². The Morgan fingerprint density at radius 2 is 2.04 bits per heavy atom. The van der Waals surface area contributed by atoms with Gasteiger partial charge in [-0.25, -0.2) is 17.9 Å². The van der Waals surface area contributed by atoms with E-state index in [1.807, 2.05) is 29.6 Å². The van der Waals surface area contributed by atoms with Crippen LogP contribution in [0.3, 0.4) is 0 Å². The van der Waals surface area contributed by atoms with Crippen molar-refractivity contribution in [1.82, 2.24) is 4.90 Å². The maximum atomic E-state index is 12.8. The molecule has 25 heavy (non-hydrogen) atoms. The molecule has 1 fully saturated rings. The Bertz CT molecular complexity index is 934. The number of fused-ring (bicyclic) bond motifs is 2. The number of benzene rings is 1. The van der Waals surface area contributed by atoms with Gasteiger partial charge in [-0.2, -0.15) is 0 Å². The van der Waals surface area contributed by atoms with E-state index in [0.717, 1.165) is 23.7 Å². The van der Waals surface area contributed by atoms with Gasteiger partial charge in [-0.05, 0) is 29.1 Å². The first-order valence-corrected chi connectivity index (χ1v) is 12.1. The lowest BCUT2D eigenvalue weighted by Crippen LogP contribution is -2.39. The Hall–Kier alpha value is -1.35. The molecule has 0 N–H and O–H groups in total. The van der Waals surface area contributed by atoms with Crippen molar-refractivity contribution < 1.29 is 17.2 Å². The molecule has 2 aliphatic heterocycles. The third-order valence-electron chi connectivity index (χ3n) is 4.64. The lowest BCUT2D eigenvalue weighted by Gasteiger charge is -2.24. The first kappa shape index (κ1) is 17.1. The zero-order chi connectivity index (χ0) is 17.6. The zero-order valence-electron chi connectivity index (χ0n) is 13.7. The second kappa shape index (κ2) is 6.42. The lowest BCUT2D eigenvalue weighted by atomic mass is 10.1. The van der Waals surface area contributed by atoms with Crippen molar-refractivity contribution in [3.8, 4) is 0 Å². The minimum Gasteiger partial charge on any atom is -0.257 e. The summed E-state index contributed by atoms with van der Waals surface area (Å²) in [6.07, 6.45) is 3.29. The minimum absolute atomic E-state index is 0.0876. The van der Waals surface area contributed by atoms with Crippen molar-refractivity contribution in [3.63, 3.8) is 0 Å². The fourth-order valence-corrected chi connectivity index (χ4v) is 6.51. The molecule has 0 radical (unpaired) electrons. The number of hydrogen-bond acceptors (Lipinski definition) is 5. The average molecular weight is 396 g/mol. The molecule has 4 atom stereocenters. The molecule has 0 aliphatic carbocycles. The van der Waals surface area contributed by atoms with E-state index in [4.69, 9.17) is 0 Å². The molecule has 0 saturated carbocycles. The molecule has 4 unspecified atom stereocenters. The van der Waals surface area contributed by atoms with Gasteiger partial charge in [-0.1, -0.05) is 18.2 Å². The maximum absolute atomic E-state index is 12.8. The van der Waals surface area contributed by atoms with Crippen LogP contribution in [0.4, 0.5) is 0 Å². The van der Waals surface area contributed by atoms with Gasteiger partial charge in [-0.15, -0.1) is 11.3 Å². The monoisotopic (exact) mass is 395 g/mol. The van der Waals surface area contributed by atoms with Crippen LogP contribution in [0.1, 0.15) is 16.5 Å². The summed E-state index contributed by atoms with van der Waals surface area (Å²) in [7, 11) is -4.18. The molecule has 0 spiro atoms. The first-order chi connectivity index (χ1) is 11.9. The van der Waals surface area contributed by atoms with Crippen molar-refractivity contribution in [2.75, 3.05) is 19.5 Å². The van der Waals surface area contributed by atoms with E-state index in [1.54, 1.807) is 23.5 Å². The SMILES string of the molecule is CS(=O)(=O)c1ccc(C2C[N+]3=CC(S(=O)Cc4cccs4)N2C3)cc1. The van der Waals surface area contributed by atoms with Crippen molar-refractivity contribution in [2.24, 2.45) is 0 Å². The highest BCUT2D eigenvalue weighted by molar-refractivity contribution is 7.90. The summed E-state index contributed by atoms with van der Waals surface area (Å²) in [4.78, 5) is 3.72. The molecule has 3 heterocycles. The first-order valence-electron chi connectivity index (χ1n) is 7.96. The van der Waals surface area contributed by atoms with E-state index in [9.17, 15) is 12.6 Å². The van der Waals surface area contributed by atoms with Gasteiger partial charge in [0.1, 0.15) is 6.04 Å². The predicted octanol–water partition coefficient (Wildman–Crippen LogP) is 1.84. The summed E-state index contributed by atoms with van der Waals surface area (Å²) >= 11 is 1.64. The molecule has 1 aromatic heterocycles. The minimum atomic E-state index is -3.18. The molecule has 5 nitrogen and oxygen atoms in total. The van der Waals surface area contributed by atoms with Crippen LogP contribution in [0.2, 0.25) is 0 Å². The molecular formula is C17H19N2O3S3+. The van der Waals surface area contributed by atoms with Gasteiger partial charge < -0.3 is 0 Å². The van der Waals surface area contributed by atoms with E-state index < -0.39 is 20.6 Å². The Balaban J connectivity index is 1.53. The van der Waals surface area contributed by atoms with Crippen LogP contribution in [0.25, 0.3) is 0 Å². The van der Waals surface area contributed by atoms with E-state index in [-0.39, 0.29) is 11.4 Å². The van der Waals surface area contributed by atoms with Crippen LogP contribution in [0.15, 0.2) is 46.7 Å². The van der Waals surface area contributed by atoms with Crippen molar-refractivity contribution >= 4 is 38.2 Å². The molecule has 1 aromatic carbocycles. The Morgan fingerprint density at radius 3 is 2.64 bits per heavy atom. The fraction of sp³-hybridized carbons (Fsp3) is 0.353. The second-order valence-corrected chi connectivity index (χ2v) is 11.0. The largest absolute Gasteiger partial charge is 0.257 e. The Morgan fingerprint density at radius 1 is 1.28 bits per heavy atom. The Labute approximate surface area is 154 Å².